The minimum Gasteiger partial charge on any atom is -0.492 e. The number of carbonyl (C=O) groups is 2. The second-order valence-electron chi connectivity index (χ2n) is 7.98. The first-order valence-electron chi connectivity index (χ1n) is 11.3. The number of nitrogens with zero attached hydrogens (tertiary/aromatic N) is 2. The molecule has 2 amide bonds. The fourth-order valence-corrected chi connectivity index (χ4v) is 4.87. The number of hydrazone groups is 1. The van der Waals surface area contributed by atoms with Crippen LogP contribution in [0.25, 0.3) is 0 Å². The van der Waals surface area contributed by atoms with Crippen LogP contribution in [0.3, 0.4) is 0 Å². The molecule has 204 valence electrons. The fraction of sp³-hybridized carbons (Fsp3) is 0.192. The first-order valence-corrected chi connectivity index (χ1v) is 12.2. The summed E-state index contributed by atoms with van der Waals surface area (Å²) in [4.78, 5) is 25.3. The van der Waals surface area contributed by atoms with Crippen molar-refractivity contribution in [1.29, 1.82) is 0 Å². The monoisotopic (exact) mass is 565 g/mol. The molecule has 0 radical (unpaired) electrons. The Bertz CT molecular complexity index is 1400. The second kappa shape index (κ2) is 12.2. The number of thioether (sulfide) groups is 1. The van der Waals surface area contributed by atoms with E-state index in [1.165, 1.54) is 43.5 Å². The highest BCUT2D eigenvalue weighted by Crippen LogP contribution is 2.47. The van der Waals surface area contributed by atoms with E-state index in [1.807, 2.05) is 0 Å². The van der Waals surface area contributed by atoms with Gasteiger partial charge in [0.05, 0.1) is 7.11 Å². The molecule has 1 heterocycles. The molecule has 4 rings (SSSR count). The Morgan fingerprint density at radius 3 is 2.36 bits per heavy atom. The van der Waals surface area contributed by atoms with Gasteiger partial charge in [-0.1, -0.05) is 23.9 Å². The van der Waals surface area contributed by atoms with Gasteiger partial charge in [0.2, 0.25) is 0 Å². The molecule has 3 aromatic rings. The summed E-state index contributed by atoms with van der Waals surface area (Å²) in [6.07, 6.45) is 0. The average molecular weight is 566 g/mol. The number of hydrogen-bond acceptors (Lipinski definition) is 6. The van der Waals surface area contributed by atoms with Crippen molar-refractivity contribution in [2.24, 2.45) is 5.10 Å². The molecule has 39 heavy (non-hydrogen) atoms. The van der Waals surface area contributed by atoms with Crippen LogP contribution in [0.4, 0.5) is 22.0 Å². The fourth-order valence-electron chi connectivity index (χ4n) is 3.70. The summed E-state index contributed by atoms with van der Waals surface area (Å²) in [6, 6.07) is 10.5. The van der Waals surface area contributed by atoms with Crippen LogP contribution < -0.4 is 14.8 Å². The largest absolute Gasteiger partial charge is 0.492 e. The van der Waals surface area contributed by atoms with E-state index in [0.29, 0.717) is 17.7 Å². The van der Waals surface area contributed by atoms with Crippen LogP contribution in [0.5, 0.6) is 11.5 Å². The Morgan fingerprint density at radius 2 is 1.72 bits per heavy atom. The molecule has 1 aliphatic heterocycles. The van der Waals surface area contributed by atoms with E-state index in [1.54, 1.807) is 6.07 Å². The first-order chi connectivity index (χ1) is 18.7. The molecule has 0 spiro atoms. The van der Waals surface area contributed by atoms with E-state index in [2.05, 4.69) is 10.4 Å². The quantitative estimate of drug-likeness (QED) is 0.371. The van der Waals surface area contributed by atoms with Gasteiger partial charge in [0.25, 0.3) is 11.8 Å². The van der Waals surface area contributed by atoms with E-state index in [9.17, 15) is 31.5 Å². The normalized spacial score (nSPS) is 14.7. The number of amides is 2. The van der Waals surface area contributed by atoms with Crippen molar-refractivity contribution in [3.05, 3.63) is 94.6 Å². The molecule has 0 saturated carbocycles. The smallest absolute Gasteiger partial charge is 0.281 e. The number of para-hydroxylation sites is 1. The van der Waals surface area contributed by atoms with Crippen molar-refractivity contribution < 1.29 is 41.0 Å². The van der Waals surface area contributed by atoms with Gasteiger partial charge in [0.15, 0.2) is 18.1 Å². The van der Waals surface area contributed by atoms with Gasteiger partial charge in [0, 0.05) is 29.8 Å². The molecular weight excluding hydrogens is 545 g/mol. The van der Waals surface area contributed by atoms with Crippen molar-refractivity contribution in [2.45, 2.75) is 5.37 Å². The highest BCUT2D eigenvalue weighted by Gasteiger charge is 2.39. The zero-order valence-corrected chi connectivity index (χ0v) is 21.0. The Balaban J connectivity index is 1.74. The van der Waals surface area contributed by atoms with E-state index in [4.69, 9.17) is 9.47 Å². The van der Waals surface area contributed by atoms with Crippen molar-refractivity contribution in [2.75, 3.05) is 26.9 Å². The minimum absolute atomic E-state index is 0.0849. The number of methoxy groups -OCH3 is 1. The number of carbonyl (C=O) groups excluding carboxylic acids is 2. The molecule has 0 fully saturated rings. The van der Waals surface area contributed by atoms with Crippen LogP contribution >= 0.6 is 11.8 Å². The van der Waals surface area contributed by atoms with Crippen LogP contribution in [0.15, 0.2) is 59.7 Å². The maximum absolute atomic E-state index is 14.6. The van der Waals surface area contributed by atoms with E-state index >= 15 is 0 Å². The average Bonchev–Trinajstić information content (AvgIpc) is 3.35. The summed E-state index contributed by atoms with van der Waals surface area (Å²) in [6.45, 7) is -1.41. The molecule has 7 nitrogen and oxygen atoms in total. The molecule has 0 bridgehead atoms. The highest BCUT2D eigenvalue weighted by atomic mass is 32.2. The summed E-state index contributed by atoms with van der Waals surface area (Å²) >= 11 is 1.000. The SMILES string of the molecule is COc1c(OCC(=O)NCCF)cccc1[C@H]1SC(c2ccc(F)cc2)=NN1C(=O)c1c(F)cc(F)cc1F. The zero-order chi connectivity index (χ0) is 28.1. The van der Waals surface area contributed by atoms with Gasteiger partial charge in [-0.05, 0) is 30.3 Å². The lowest BCUT2D eigenvalue weighted by atomic mass is 10.1. The van der Waals surface area contributed by atoms with Crippen LogP contribution in [0, 0.1) is 23.3 Å². The number of rotatable bonds is 9. The summed E-state index contributed by atoms with van der Waals surface area (Å²) in [5.74, 6) is -6.18. The van der Waals surface area contributed by atoms with Gasteiger partial charge < -0.3 is 14.8 Å². The van der Waals surface area contributed by atoms with Crippen molar-refractivity contribution >= 4 is 28.6 Å². The van der Waals surface area contributed by atoms with Crippen LogP contribution in [-0.4, -0.2) is 48.8 Å². The molecular formula is C26H20F5N3O4S. The molecule has 3 aromatic carbocycles. The predicted molar refractivity (Wildman–Crippen MR) is 133 cm³/mol. The van der Waals surface area contributed by atoms with E-state index in [-0.39, 0.29) is 28.7 Å². The molecule has 0 aliphatic carbocycles. The first kappa shape index (κ1) is 27.9. The molecule has 0 saturated heterocycles. The van der Waals surface area contributed by atoms with Gasteiger partial charge in [-0.3, -0.25) is 9.59 Å². The Morgan fingerprint density at radius 1 is 1.03 bits per heavy atom. The third kappa shape index (κ3) is 6.14. The summed E-state index contributed by atoms with van der Waals surface area (Å²) in [5, 5.41) is 6.52. The Kier molecular flexibility index (Phi) is 8.69. The summed E-state index contributed by atoms with van der Waals surface area (Å²) < 4.78 is 79.5. The standard InChI is InChI=1S/C26H20F5N3O4S/c1-37-23-17(3-2-4-20(23)38-13-21(35)32-10-9-27)26-34(25(36)22-18(30)11-16(29)12-19(22)31)33-24(39-26)14-5-7-15(28)8-6-14/h2-8,11-12,26H,9-10,13H2,1H3,(H,32,35)/t26-/m1/s1. The highest BCUT2D eigenvalue weighted by molar-refractivity contribution is 8.14. The maximum atomic E-state index is 14.6. The van der Waals surface area contributed by atoms with Crippen molar-refractivity contribution in [3.63, 3.8) is 0 Å². The number of nitrogens with one attached hydrogen (secondary N) is 1. The number of ether oxygens (including phenoxy) is 2. The Hall–Kier alpha value is -4.13. The Labute approximate surface area is 223 Å². The lowest BCUT2D eigenvalue weighted by Gasteiger charge is -2.24. The van der Waals surface area contributed by atoms with Gasteiger partial charge >= 0.3 is 0 Å². The topological polar surface area (TPSA) is 80.2 Å². The lowest BCUT2D eigenvalue weighted by Crippen LogP contribution is -2.30. The van der Waals surface area contributed by atoms with Crippen molar-refractivity contribution in [3.8, 4) is 11.5 Å². The van der Waals surface area contributed by atoms with E-state index < -0.39 is 59.3 Å². The third-order valence-electron chi connectivity index (χ3n) is 5.42. The number of hydrogen-bond donors (Lipinski definition) is 1. The van der Waals surface area contributed by atoms with Gasteiger partial charge in [0.1, 0.15) is 45.9 Å². The maximum Gasteiger partial charge on any atom is 0.281 e. The summed E-state index contributed by atoms with van der Waals surface area (Å²) in [7, 11) is 1.31. The second-order valence-corrected chi connectivity index (χ2v) is 9.05. The van der Waals surface area contributed by atoms with Crippen LogP contribution in [0.1, 0.15) is 26.9 Å². The molecule has 1 N–H and O–H groups in total. The number of halogens is 5. The zero-order valence-electron chi connectivity index (χ0n) is 20.2. The third-order valence-corrected chi connectivity index (χ3v) is 6.64. The molecule has 0 aromatic heterocycles. The number of benzene rings is 3. The molecule has 1 atom stereocenters. The van der Waals surface area contributed by atoms with Crippen molar-refractivity contribution in [1.82, 2.24) is 10.3 Å². The molecule has 13 heteroatoms. The van der Waals surface area contributed by atoms with Crippen LogP contribution in [-0.2, 0) is 4.79 Å². The number of alkyl halides is 1. The lowest BCUT2D eigenvalue weighted by molar-refractivity contribution is -0.123. The molecule has 0 unspecified atom stereocenters. The summed E-state index contributed by atoms with van der Waals surface area (Å²) in [5.41, 5.74) is -0.332. The van der Waals surface area contributed by atoms with E-state index in [0.717, 1.165) is 16.8 Å². The minimum atomic E-state index is -1.42. The van der Waals surface area contributed by atoms with Crippen LogP contribution in [0.2, 0.25) is 0 Å². The van der Waals surface area contributed by atoms with Gasteiger partial charge in [-0.25, -0.2) is 27.0 Å². The predicted octanol–water partition coefficient (Wildman–Crippen LogP) is 4.97. The van der Waals surface area contributed by atoms with Gasteiger partial charge in [-0.15, -0.1) is 0 Å². The van der Waals surface area contributed by atoms with Gasteiger partial charge in [-0.2, -0.15) is 5.10 Å². The molecule has 1 aliphatic rings.